The smallest absolute Gasteiger partial charge is 0.266 e. The van der Waals surface area contributed by atoms with E-state index >= 15 is 0 Å². The number of aromatic nitrogens is 3. The van der Waals surface area contributed by atoms with Crippen molar-refractivity contribution < 1.29 is 9.26 Å². The molecule has 0 aliphatic rings. The Labute approximate surface area is 166 Å². The number of hydrogen-bond acceptors (Lipinski definition) is 6. The Balaban J connectivity index is 1.84. The molecule has 2 aromatic carbocycles. The van der Waals surface area contributed by atoms with E-state index in [-0.39, 0.29) is 5.56 Å². The first-order valence-electron chi connectivity index (χ1n) is 8.79. The minimum atomic E-state index is -0.1000. The molecule has 6 nitrogen and oxygen atoms in total. The third kappa shape index (κ3) is 3.29. The molecule has 2 heterocycles. The molecule has 4 aromatic rings. The Kier molecular flexibility index (Phi) is 4.92. The third-order valence-electron chi connectivity index (χ3n) is 4.60. The lowest BCUT2D eigenvalue weighted by atomic mass is 10.2. The average Bonchev–Trinajstić information content (AvgIpc) is 3.04. The second-order valence-electron chi connectivity index (χ2n) is 6.34. The van der Waals surface area contributed by atoms with Crippen molar-refractivity contribution in [2.24, 2.45) is 0 Å². The number of hydrogen-bond donors (Lipinski definition) is 0. The summed E-state index contributed by atoms with van der Waals surface area (Å²) in [6.07, 6.45) is 0. The van der Waals surface area contributed by atoms with E-state index in [1.807, 2.05) is 56.3 Å². The molecule has 0 bridgehead atoms. The summed E-state index contributed by atoms with van der Waals surface area (Å²) in [5, 5.41) is 5.21. The predicted molar refractivity (Wildman–Crippen MR) is 109 cm³/mol. The zero-order valence-electron chi connectivity index (χ0n) is 15.8. The number of fused-ring (bicyclic) bond motifs is 1. The highest BCUT2D eigenvalue weighted by molar-refractivity contribution is 7.98. The summed E-state index contributed by atoms with van der Waals surface area (Å²) >= 11 is 1.49. The number of benzene rings is 2. The van der Waals surface area contributed by atoms with Gasteiger partial charge in [-0.2, -0.15) is 0 Å². The van der Waals surface area contributed by atoms with Gasteiger partial charge < -0.3 is 9.26 Å². The minimum absolute atomic E-state index is 0.1000. The molecule has 0 saturated carbocycles. The van der Waals surface area contributed by atoms with Crippen LogP contribution in [0.5, 0.6) is 5.75 Å². The number of methoxy groups -OCH3 is 1. The Hall–Kier alpha value is -3.06. The average molecular weight is 393 g/mol. The van der Waals surface area contributed by atoms with Gasteiger partial charge in [-0.3, -0.25) is 9.36 Å². The zero-order chi connectivity index (χ0) is 19.7. The van der Waals surface area contributed by atoms with Crippen LogP contribution in [0.15, 0.2) is 63.0 Å². The largest absolute Gasteiger partial charge is 0.497 e. The summed E-state index contributed by atoms with van der Waals surface area (Å²) in [7, 11) is 1.61. The van der Waals surface area contributed by atoms with Crippen LogP contribution in [0.3, 0.4) is 0 Å². The first kappa shape index (κ1) is 18.3. The third-order valence-corrected chi connectivity index (χ3v) is 5.57. The van der Waals surface area contributed by atoms with Crippen molar-refractivity contribution in [3.8, 4) is 11.4 Å². The maximum absolute atomic E-state index is 13.2. The van der Waals surface area contributed by atoms with Crippen LogP contribution in [-0.4, -0.2) is 21.8 Å². The van der Waals surface area contributed by atoms with E-state index < -0.39 is 0 Å². The lowest BCUT2D eigenvalue weighted by Gasteiger charge is -2.13. The molecule has 0 aliphatic carbocycles. The Morgan fingerprint density at radius 2 is 1.86 bits per heavy atom. The lowest BCUT2D eigenvalue weighted by molar-refractivity contribution is 0.392. The summed E-state index contributed by atoms with van der Waals surface area (Å²) in [6.45, 7) is 3.80. The van der Waals surface area contributed by atoms with E-state index in [9.17, 15) is 4.79 Å². The van der Waals surface area contributed by atoms with E-state index in [2.05, 4.69) is 5.16 Å². The van der Waals surface area contributed by atoms with Crippen LogP contribution in [-0.2, 0) is 5.75 Å². The maximum Gasteiger partial charge on any atom is 0.266 e. The number of nitrogens with zero attached hydrogens (tertiary/aromatic N) is 3. The van der Waals surface area contributed by atoms with Crippen molar-refractivity contribution in [1.29, 1.82) is 0 Å². The van der Waals surface area contributed by atoms with E-state index in [0.717, 1.165) is 28.5 Å². The number of thioether (sulfide) groups is 1. The number of aryl methyl sites for hydroxylation is 2. The molecule has 0 unspecified atom stereocenters. The van der Waals surface area contributed by atoms with Gasteiger partial charge >= 0.3 is 0 Å². The number of rotatable bonds is 5. The van der Waals surface area contributed by atoms with E-state index in [1.165, 1.54) is 11.8 Å². The highest BCUT2D eigenvalue weighted by atomic mass is 32.2. The molecule has 0 amide bonds. The van der Waals surface area contributed by atoms with Crippen LogP contribution in [0.25, 0.3) is 16.6 Å². The Bertz CT molecular complexity index is 1180. The van der Waals surface area contributed by atoms with Crippen molar-refractivity contribution in [3.05, 3.63) is 75.9 Å². The number of ether oxygens (including phenoxy) is 1. The molecule has 4 rings (SSSR count). The van der Waals surface area contributed by atoms with Crippen LogP contribution in [0, 0.1) is 13.8 Å². The Morgan fingerprint density at radius 1 is 1.11 bits per heavy atom. The lowest BCUT2D eigenvalue weighted by Crippen LogP contribution is -2.21. The van der Waals surface area contributed by atoms with Gasteiger partial charge in [-0.25, -0.2) is 4.98 Å². The van der Waals surface area contributed by atoms with E-state index in [1.54, 1.807) is 17.7 Å². The molecule has 142 valence electrons. The summed E-state index contributed by atoms with van der Waals surface area (Å²) in [4.78, 5) is 18.0. The molecule has 0 saturated heterocycles. The van der Waals surface area contributed by atoms with Gasteiger partial charge in [0.25, 0.3) is 5.56 Å². The second-order valence-corrected chi connectivity index (χ2v) is 7.28. The fourth-order valence-corrected chi connectivity index (χ4v) is 4.18. The van der Waals surface area contributed by atoms with E-state index in [4.69, 9.17) is 14.2 Å². The van der Waals surface area contributed by atoms with Crippen LogP contribution in [0.2, 0.25) is 0 Å². The van der Waals surface area contributed by atoms with Crippen LogP contribution in [0.4, 0.5) is 0 Å². The molecule has 7 heteroatoms. The first-order chi connectivity index (χ1) is 13.6. The topological polar surface area (TPSA) is 70.2 Å². The second kappa shape index (κ2) is 7.52. The zero-order valence-corrected chi connectivity index (χ0v) is 16.6. The van der Waals surface area contributed by atoms with Gasteiger partial charge in [-0.15, -0.1) is 0 Å². The molecular weight excluding hydrogens is 374 g/mol. The predicted octanol–water partition coefficient (Wildman–Crippen LogP) is 4.29. The van der Waals surface area contributed by atoms with Crippen molar-refractivity contribution in [3.63, 3.8) is 0 Å². The fraction of sp³-hybridized carbons (Fsp3) is 0.190. The van der Waals surface area contributed by atoms with Gasteiger partial charge in [0, 0.05) is 11.3 Å². The fourth-order valence-electron chi connectivity index (χ4n) is 3.01. The molecule has 28 heavy (non-hydrogen) atoms. The Morgan fingerprint density at radius 3 is 2.54 bits per heavy atom. The quantitative estimate of drug-likeness (QED) is 0.372. The van der Waals surface area contributed by atoms with Crippen molar-refractivity contribution in [2.75, 3.05) is 7.11 Å². The summed E-state index contributed by atoms with van der Waals surface area (Å²) in [6, 6.07) is 14.8. The molecular formula is C21H19N3O3S. The van der Waals surface area contributed by atoms with Gasteiger partial charge in [0.15, 0.2) is 5.16 Å². The minimum Gasteiger partial charge on any atom is -0.497 e. The van der Waals surface area contributed by atoms with Gasteiger partial charge in [0.05, 0.1) is 29.4 Å². The van der Waals surface area contributed by atoms with Crippen molar-refractivity contribution in [2.45, 2.75) is 24.8 Å². The van der Waals surface area contributed by atoms with Gasteiger partial charge in [-0.1, -0.05) is 29.1 Å². The molecule has 2 aromatic heterocycles. The van der Waals surface area contributed by atoms with Gasteiger partial charge in [0.1, 0.15) is 11.5 Å². The number of para-hydroxylation sites is 1. The van der Waals surface area contributed by atoms with Crippen molar-refractivity contribution in [1.82, 2.24) is 14.7 Å². The molecule has 0 aliphatic heterocycles. The van der Waals surface area contributed by atoms with Gasteiger partial charge in [0.2, 0.25) is 0 Å². The van der Waals surface area contributed by atoms with Crippen molar-refractivity contribution >= 4 is 22.7 Å². The van der Waals surface area contributed by atoms with Crippen LogP contribution < -0.4 is 10.3 Å². The molecule has 0 atom stereocenters. The summed E-state index contributed by atoms with van der Waals surface area (Å²) in [5.41, 5.74) is 3.19. The molecule has 0 N–H and O–H groups in total. The summed E-state index contributed by atoms with van der Waals surface area (Å²) in [5.74, 6) is 2.13. The maximum atomic E-state index is 13.2. The monoisotopic (exact) mass is 393 g/mol. The molecule has 0 spiro atoms. The van der Waals surface area contributed by atoms with Crippen LogP contribution >= 0.6 is 11.8 Å². The molecule has 0 fully saturated rings. The highest BCUT2D eigenvalue weighted by Crippen LogP contribution is 2.27. The molecule has 0 radical (unpaired) electrons. The first-order valence-corrected chi connectivity index (χ1v) is 9.78. The van der Waals surface area contributed by atoms with E-state index in [0.29, 0.717) is 21.8 Å². The normalized spacial score (nSPS) is 11.1. The SMILES string of the molecule is COc1ccc(-n2c(SCc3c(C)noc3C)nc3ccccc3c2=O)cc1. The standard InChI is InChI=1S/C21H19N3O3S/c1-13-18(14(2)27-23-13)12-28-21-22-19-7-5-4-6-17(19)20(25)24(21)15-8-10-16(26-3)11-9-15/h4-11H,12H2,1-3H3. The highest BCUT2D eigenvalue weighted by Gasteiger charge is 2.16. The van der Waals surface area contributed by atoms with Crippen LogP contribution in [0.1, 0.15) is 17.0 Å². The van der Waals surface area contributed by atoms with Gasteiger partial charge in [-0.05, 0) is 50.2 Å². The summed E-state index contributed by atoms with van der Waals surface area (Å²) < 4.78 is 12.1.